The summed E-state index contributed by atoms with van der Waals surface area (Å²) < 4.78 is 0. The molecule has 0 amide bonds. The van der Waals surface area contributed by atoms with Crippen LogP contribution in [0.2, 0.25) is 0 Å². The zero-order valence-electron chi connectivity index (χ0n) is 11.1. The number of aliphatic hydroxyl groups is 1. The number of nitrogens with zero attached hydrogens (tertiary/aromatic N) is 1. The van der Waals surface area contributed by atoms with E-state index in [1.165, 1.54) is 4.88 Å². The summed E-state index contributed by atoms with van der Waals surface area (Å²) in [6.07, 6.45) is 1.13. The van der Waals surface area contributed by atoms with Crippen molar-refractivity contribution in [2.45, 2.75) is 39.3 Å². The van der Waals surface area contributed by atoms with Crippen molar-refractivity contribution in [1.82, 2.24) is 4.90 Å². The van der Waals surface area contributed by atoms with Crippen LogP contribution in [0.4, 0.5) is 0 Å². The van der Waals surface area contributed by atoms with Crippen molar-refractivity contribution in [2.24, 2.45) is 0 Å². The van der Waals surface area contributed by atoms with E-state index < -0.39 is 0 Å². The fourth-order valence-corrected chi connectivity index (χ4v) is 2.26. The Morgan fingerprint density at radius 2 is 2.18 bits per heavy atom. The van der Waals surface area contributed by atoms with Crippen LogP contribution in [0.15, 0.2) is 11.4 Å². The minimum Gasteiger partial charge on any atom is -0.384 e. The fourth-order valence-electron chi connectivity index (χ4n) is 1.39. The first-order chi connectivity index (χ1) is 7.99. The van der Waals surface area contributed by atoms with Gasteiger partial charge in [-0.15, -0.1) is 11.3 Å². The van der Waals surface area contributed by atoms with Crippen LogP contribution in [-0.2, 0) is 6.54 Å². The molecular weight excluding hydrogens is 230 g/mol. The zero-order valence-corrected chi connectivity index (χ0v) is 11.9. The molecule has 0 atom stereocenters. The van der Waals surface area contributed by atoms with Gasteiger partial charge in [0.2, 0.25) is 0 Å². The summed E-state index contributed by atoms with van der Waals surface area (Å²) in [5.41, 5.74) is 1.22. The van der Waals surface area contributed by atoms with Crippen LogP contribution in [0, 0.1) is 11.8 Å². The van der Waals surface area contributed by atoms with Crippen molar-refractivity contribution in [3.8, 4) is 11.8 Å². The SMILES string of the molecule is CCC(C)(C)N(C)Cc1cc(C#CCO)cs1. The predicted molar refractivity (Wildman–Crippen MR) is 74.1 cm³/mol. The van der Waals surface area contributed by atoms with Crippen LogP contribution in [-0.4, -0.2) is 29.2 Å². The quantitative estimate of drug-likeness (QED) is 0.832. The second-order valence-electron chi connectivity index (χ2n) is 4.78. The maximum absolute atomic E-state index is 8.64. The Morgan fingerprint density at radius 3 is 2.76 bits per heavy atom. The third-order valence-corrected chi connectivity index (χ3v) is 4.18. The van der Waals surface area contributed by atoms with Gasteiger partial charge in [0.05, 0.1) is 0 Å². The van der Waals surface area contributed by atoms with Gasteiger partial charge in [0, 0.05) is 27.9 Å². The zero-order chi connectivity index (χ0) is 12.9. The van der Waals surface area contributed by atoms with E-state index >= 15 is 0 Å². The Bertz CT molecular complexity index is 411. The Hall–Kier alpha value is -0.820. The van der Waals surface area contributed by atoms with Gasteiger partial charge < -0.3 is 5.11 Å². The van der Waals surface area contributed by atoms with E-state index in [1.54, 1.807) is 11.3 Å². The molecule has 1 aromatic rings. The Balaban J connectivity index is 2.66. The molecule has 0 fully saturated rings. The predicted octanol–water partition coefficient (Wildman–Crippen LogP) is 2.71. The minimum absolute atomic E-state index is 0.0754. The first-order valence-electron chi connectivity index (χ1n) is 5.88. The van der Waals surface area contributed by atoms with Crippen LogP contribution >= 0.6 is 11.3 Å². The Labute approximate surface area is 108 Å². The second-order valence-corrected chi connectivity index (χ2v) is 5.78. The molecule has 0 aliphatic carbocycles. The summed E-state index contributed by atoms with van der Waals surface area (Å²) in [4.78, 5) is 3.68. The van der Waals surface area contributed by atoms with Crippen molar-refractivity contribution in [3.63, 3.8) is 0 Å². The monoisotopic (exact) mass is 251 g/mol. The molecular formula is C14H21NOS. The largest absolute Gasteiger partial charge is 0.384 e. The molecule has 17 heavy (non-hydrogen) atoms. The first-order valence-corrected chi connectivity index (χ1v) is 6.76. The molecule has 1 heterocycles. The van der Waals surface area contributed by atoms with Gasteiger partial charge in [-0.05, 0) is 33.4 Å². The lowest BCUT2D eigenvalue weighted by Crippen LogP contribution is -2.39. The molecule has 94 valence electrons. The number of hydrogen-bond donors (Lipinski definition) is 1. The van der Waals surface area contributed by atoms with E-state index in [0.29, 0.717) is 0 Å². The molecule has 0 radical (unpaired) electrons. The second kappa shape index (κ2) is 6.20. The van der Waals surface area contributed by atoms with Gasteiger partial charge in [-0.3, -0.25) is 4.90 Å². The third kappa shape index (κ3) is 4.16. The number of rotatable bonds is 4. The highest BCUT2D eigenvalue weighted by Gasteiger charge is 2.21. The van der Waals surface area contributed by atoms with E-state index in [1.807, 2.05) is 5.38 Å². The molecule has 1 aromatic heterocycles. The summed E-state index contributed by atoms with van der Waals surface area (Å²) in [6.45, 7) is 7.60. The lowest BCUT2D eigenvalue weighted by Gasteiger charge is -2.34. The molecule has 1 N–H and O–H groups in total. The fraction of sp³-hybridized carbons (Fsp3) is 0.571. The molecule has 0 aliphatic heterocycles. The number of aliphatic hydroxyl groups excluding tert-OH is 1. The van der Waals surface area contributed by atoms with Gasteiger partial charge in [-0.1, -0.05) is 18.8 Å². The highest BCUT2D eigenvalue weighted by molar-refractivity contribution is 7.10. The average Bonchev–Trinajstić information content (AvgIpc) is 2.74. The Kier molecular flexibility index (Phi) is 5.20. The smallest absolute Gasteiger partial charge is 0.104 e. The average molecular weight is 251 g/mol. The Morgan fingerprint density at radius 1 is 1.47 bits per heavy atom. The van der Waals surface area contributed by atoms with E-state index in [4.69, 9.17) is 5.11 Å². The molecule has 0 saturated carbocycles. The van der Waals surface area contributed by atoms with Gasteiger partial charge in [-0.2, -0.15) is 0 Å². The molecule has 0 spiro atoms. The maximum Gasteiger partial charge on any atom is 0.104 e. The van der Waals surface area contributed by atoms with E-state index in [-0.39, 0.29) is 12.1 Å². The van der Waals surface area contributed by atoms with Gasteiger partial charge in [-0.25, -0.2) is 0 Å². The first kappa shape index (κ1) is 14.2. The number of thiophene rings is 1. The molecule has 0 saturated heterocycles. The van der Waals surface area contributed by atoms with E-state index in [0.717, 1.165) is 18.5 Å². The summed E-state index contributed by atoms with van der Waals surface area (Å²) in [7, 11) is 2.16. The lowest BCUT2D eigenvalue weighted by atomic mass is 10.00. The third-order valence-electron chi connectivity index (χ3n) is 3.26. The van der Waals surface area contributed by atoms with E-state index in [9.17, 15) is 0 Å². The topological polar surface area (TPSA) is 23.5 Å². The molecule has 0 aromatic carbocycles. The molecule has 2 nitrogen and oxygen atoms in total. The van der Waals surface area contributed by atoms with Crippen LogP contribution in [0.5, 0.6) is 0 Å². The van der Waals surface area contributed by atoms with Gasteiger partial charge >= 0.3 is 0 Å². The van der Waals surface area contributed by atoms with Crippen molar-refractivity contribution in [3.05, 3.63) is 21.9 Å². The molecule has 0 aliphatic rings. The molecule has 1 rings (SSSR count). The maximum atomic E-state index is 8.64. The summed E-state index contributed by atoms with van der Waals surface area (Å²) in [5.74, 6) is 5.60. The van der Waals surface area contributed by atoms with Crippen LogP contribution in [0.25, 0.3) is 0 Å². The van der Waals surface area contributed by atoms with Crippen molar-refractivity contribution < 1.29 is 5.11 Å². The van der Waals surface area contributed by atoms with Crippen LogP contribution < -0.4 is 0 Å². The highest BCUT2D eigenvalue weighted by Crippen LogP contribution is 2.22. The number of hydrogen-bond acceptors (Lipinski definition) is 3. The normalized spacial score (nSPS) is 11.4. The highest BCUT2D eigenvalue weighted by atomic mass is 32.1. The van der Waals surface area contributed by atoms with Crippen LogP contribution in [0.1, 0.15) is 37.6 Å². The van der Waals surface area contributed by atoms with Gasteiger partial charge in [0.15, 0.2) is 0 Å². The van der Waals surface area contributed by atoms with Crippen molar-refractivity contribution in [2.75, 3.05) is 13.7 Å². The summed E-state index contributed by atoms with van der Waals surface area (Å²) >= 11 is 1.73. The summed E-state index contributed by atoms with van der Waals surface area (Å²) in [6, 6.07) is 2.11. The molecule has 0 unspecified atom stereocenters. The van der Waals surface area contributed by atoms with Gasteiger partial charge in [0.25, 0.3) is 0 Å². The standard InChI is InChI=1S/C14H21NOS/c1-5-14(2,3)15(4)10-13-9-12(11-17-13)7-6-8-16/h9,11,16H,5,8,10H2,1-4H3. The van der Waals surface area contributed by atoms with Crippen molar-refractivity contribution in [1.29, 1.82) is 0 Å². The molecule has 0 bridgehead atoms. The minimum atomic E-state index is -0.0754. The summed E-state index contributed by atoms with van der Waals surface area (Å²) in [5, 5.41) is 10.7. The van der Waals surface area contributed by atoms with Crippen molar-refractivity contribution >= 4 is 11.3 Å². The van der Waals surface area contributed by atoms with E-state index in [2.05, 4.69) is 50.6 Å². The van der Waals surface area contributed by atoms with Crippen LogP contribution in [0.3, 0.4) is 0 Å². The molecule has 3 heteroatoms. The lowest BCUT2D eigenvalue weighted by molar-refractivity contribution is 0.144. The van der Waals surface area contributed by atoms with Gasteiger partial charge in [0.1, 0.15) is 6.61 Å².